The molecule has 0 unspecified atom stereocenters. The van der Waals surface area contributed by atoms with Gasteiger partial charge in [-0.1, -0.05) is 36.8 Å². The predicted molar refractivity (Wildman–Crippen MR) is 87.3 cm³/mol. The molecule has 5 heteroatoms. The van der Waals surface area contributed by atoms with Crippen molar-refractivity contribution in [2.75, 3.05) is 27.2 Å². The monoisotopic (exact) mass is 290 g/mol. The summed E-state index contributed by atoms with van der Waals surface area (Å²) < 4.78 is 0. The summed E-state index contributed by atoms with van der Waals surface area (Å²) in [5.74, 6) is 0.698. The molecule has 21 heavy (non-hydrogen) atoms. The van der Waals surface area contributed by atoms with Crippen molar-refractivity contribution in [3.8, 4) is 0 Å². The first-order valence-electron chi connectivity index (χ1n) is 7.30. The maximum atomic E-state index is 11.6. The fraction of sp³-hybridized carbons (Fsp3) is 0.500. The third-order valence-corrected chi connectivity index (χ3v) is 3.09. The van der Waals surface area contributed by atoms with Gasteiger partial charge >= 0.3 is 0 Å². The van der Waals surface area contributed by atoms with Crippen molar-refractivity contribution in [1.29, 1.82) is 0 Å². The molecule has 0 atom stereocenters. The van der Waals surface area contributed by atoms with Gasteiger partial charge in [0.05, 0.1) is 6.54 Å². The largest absolute Gasteiger partial charge is 0.355 e. The van der Waals surface area contributed by atoms with Gasteiger partial charge in [0.15, 0.2) is 5.96 Å². The average molecular weight is 290 g/mol. The quantitative estimate of drug-likeness (QED) is 0.617. The molecule has 0 fully saturated rings. The van der Waals surface area contributed by atoms with E-state index in [9.17, 15) is 4.79 Å². The van der Waals surface area contributed by atoms with Crippen LogP contribution >= 0.6 is 0 Å². The van der Waals surface area contributed by atoms with Crippen LogP contribution in [-0.2, 0) is 11.3 Å². The Bertz CT molecular complexity index is 468. The van der Waals surface area contributed by atoms with Crippen molar-refractivity contribution in [3.63, 3.8) is 0 Å². The standard InChI is InChI=1S/C16H26N4O/c1-5-10-18-15(21)11-19-16(17-3)20(4)12-14-8-6-13(2)7-9-14/h6-9H,5,10-12H2,1-4H3,(H,17,19)(H,18,21). The maximum Gasteiger partial charge on any atom is 0.239 e. The van der Waals surface area contributed by atoms with E-state index in [1.165, 1.54) is 11.1 Å². The highest BCUT2D eigenvalue weighted by Crippen LogP contribution is 2.05. The Kier molecular flexibility index (Phi) is 7.29. The van der Waals surface area contributed by atoms with Crippen LogP contribution in [0.15, 0.2) is 29.3 Å². The van der Waals surface area contributed by atoms with Gasteiger partial charge in [0.25, 0.3) is 0 Å². The van der Waals surface area contributed by atoms with E-state index >= 15 is 0 Å². The Hall–Kier alpha value is -2.04. The van der Waals surface area contributed by atoms with Crippen molar-refractivity contribution in [2.24, 2.45) is 4.99 Å². The Labute approximate surface area is 127 Å². The molecular weight excluding hydrogens is 264 g/mol. The lowest BCUT2D eigenvalue weighted by atomic mass is 10.1. The van der Waals surface area contributed by atoms with Gasteiger partial charge in [0.1, 0.15) is 0 Å². The molecule has 0 spiro atoms. The molecule has 0 bridgehead atoms. The molecular formula is C16H26N4O. The third-order valence-electron chi connectivity index (χ3n) is 3.09. The van der Waals surface area contributed by atoms with Crippen LogP contribution in [-0.4, -0.2) is 44.0 Å². The van der Waals surface area contributed by atoms with Gasteiger partial charge in [-0.3, -0.25) is 9.79 Å². The van der Waals surface area contributed by atoms with Crippen LogP contribution < -0.4 is 10.6 Å². The van der Waals surface area contributed by atoms with E-state index in [2.05, 4.69) is 46.8 Å². The second-order valence-corrected chi connectivity index (χ2v) is 5.09. The van der Waals surface area contributed by atoms with Gasteiger partial charge in [0.2, 0.25) is 5.91 Å². The number of amides is 1. The van der Waals surface area contributed by atoms with Crippen molar-refractivity contribution in [3.05, 3.63) is 35.4 Å². The average Bonchev–Trinajstić information content (AvgIpc) is 2.48. The van der Waals surface area contributed by atoms with E-state index in [0.717, 1.165) is 13.0 Å². The number of nitrogens with one attached hydrogen (secondary N) is 2. The molecule has 0 saturated carbocycles. The van der Waals surface area contributed by atoms with E-state index in [-0.39, 0.29) is 12.5 Å². The van der Waals surface area contributed by atoms with Crippen molar-refractivity contribution in [1.82, 2.24) is 15.5 Å². The van der Waals surface area contributed by atoms with Crippen LogP contribution in [0.1, 0.15) is 24.5 Å². The normalized spacial score (nSPS) is 11.1. The van der Waals surface area contributed by atoms with Crippen molar-refractivity contribution >= 4 is 11.9 Å². The number of hydrogen-bond acceptors (Lipinski definition) is 2. The van der Waals surface area contributed by atoms with Gasteiger partial charge in [-0.15, -0.1) is 0 Å². The number of nitrogens with zero attached hydrogens (tertiary/aromatic N) is 2. The molecule has 1 amide bonds. The highest BCUT2D eigenvalue weighted by atomic mass is 16.1. The molecule has 116 valence electrons. The lowest BCUT2D eigenvalue weighted by Gasteiger charge is -2.22. The molecule has 1 aromatic carbocycles. The first kappa shape index (κ1) is 17.0. The maximum absolute atomic E-state index is 11.6. The predicted octanol–water partition coefficient (Wildman–Crippen LogP) is 1.53. The van der Waals surface area contributed by atoms with E-state index in [1.807, 2.05) is 18.9 Å². The van der Waals surface area contributed by atoms with E-state index in [4.69, 9.17) is 0 Å². The van der Waals surface area contributed by atoms with Crippen LogP contribution in [0.2, 0.25) is 0 Å². The van der Waals surface area contributed by atoms with Crippen LogP contribution in [0.5, 0.6) is 0 Å². The molecule has 0 saturated heterocycles. The van der Waals surface area contributed by atoms with Gasteiger partial charge in [-0.2, -0.15) is 0 Å². The number of carbonyl (C=O) groups is 1. The lowest BCUT2D eigenvalue weighted by Crippen LogP contribution is -2.43. The molecule has 0 aliphatic heterocycles. The van der Waals surface area contributed by atoms with Gasteiger partial charge < -0.3 is 15.5 Å². The summed E-state index contributed by atoms with van der Waals surface area (Å²) in [5, 5.41) is 5.91. The smallest absolute Gasteiger partial charge is 0.239 e. The van der Waals surface area contributed by atoms with Gasteiger partial charge in [-0.05, 0) is 18.9 Å². The number of guanidine groups is 1. The molecule has 0 aliphatic carbocycles. The van der Waals surface area contributed by atoms with Gasteiger partial charge in [0, 0.05) is 27.2 Å². The molecule has 1 aromatic rings. The SMILES string of the molecule is CCCNC(=O)CNC(=NC)N(C)Cc1ccc(C)cc1. The molecule has 0 aromatic heterocycles. The third kappa shape index (κ3) is 6.29. The molecule has 5 nitrogen and oxygen atoms in total. The summed E-state index contributed by atoms with van der Waals surface area (Å²) in [6.45, 7) is 5.80. The van der Waals surface area contributed by atoms with Crippen LogP contribution in [0.3, 0.4) is 0 Å². The van der Waals surface area contributed by atoms with E-state index < -0.39 is 0 Å². The zero-order valence-electron chi connectivity index (χ0n) is 13.4. The Balaban J connectivity index is 2.48. The van der Waals surface area contributed by atoms with Crippen LogP contribution in [0, 0.1) is 6.92 Å². The molecule has 2 N–H and O–H groups in total. The summed E-state index contributed by atoms with van der Waals surface area (Å²) in [5.41, 5.74) is 2.46. The van der Waals surface area contributed by atoms with E-state index in [0.29, 0.717) is 12.5 Å². The fourth-order valence-corrected chi connectivity index (χ4v) is 1.91. The molecule has 1 rings (SSSR count). The zero-order chi connectivity index (χ0) is 15.7. The summed E-state index contributed by atoms with van der Waals surface area (Å²) >= 11 is 0. The Morgan fingerprint density at radius 3 is 2.48 bits per heavy atom. The van der Waals surface area contributed by atoms with Crippen LogP contribution in [0.4, 0.5) is 0 Å². The van der Waals surface area contributed by atoms with Crippen molar-refractivity contribution < 1.29 is 4.79 Å². The Morgan fingerprint density at radius 2 is 1.90 bits per heavy atom. The first-order valence-corrected chi connectivity index (χ1v) is 7.30. The van der Waals surface area contributed by atoms with E-state index in [1.54, 1.807) is 7.05 Å². The number of hydrogen-bond donors (Lipinski definition) is 2. The number of benzene rings is 1. The Morgan fingerprint density at radius 1 is 1.24 bits per heavy atom. The molecule has 0 aliphatic rings. The topological polar surface area (TPSA) is 56.7 Å². The first-order chi connectivity index (χ1) is 10.1. The number of aryl methyl sites for hydroxylation is 1. The van der Waals surface area contributed by atoms with Crippen LogP contribution in [0.25, 0.3) is 0 Å². The second kappa shape index (κ2) is 9.00. The van der Waals surface area contributed by atoms with Crippen molar-refractivity contribution in [2.45, 2.75) is 26.8 Å². The zero-order valence-corrected chi connectivity index (χ0v) is 13.4. The number of rotatable bonds is 6. The summed E-state index contributed by atoms with van der Waals surface area (Å²) in [6.07, 6.45) is 0.938. The van der Waals surface area contributed by atoms with Gasteiger partial charge in [-0.25, -0.2) is 0 Å². The summed E-state index contributed by atoms with van der Waals surface area (Å²) in [7, 11) is 3.68. The molecule has 0 heterocycles. The second-order valence-electron chi connectivity index (χ2n) is 5.09. The number of aliphatic imine (C=N–C) groups is 1. The minimum absolute atomic E-state index is 0.0123. The summed E-state index contributed by atoms with van der Waals surface area (Å²) in [4.78, 5) is 17.8. The minimum Gasteiger partial charge on any atom is -0.355 e. The molecule has 0 radical (unpaired) electrons. The highest BCUT2D eigenvalue weighted by molar-refractivity contribution is 5.86. The lowest BCUT2D eigenvalue weighted by molar-refractivity contribution is -0.120. The fourth-order valence-electron chi connectivity index (χ4n) is 1.91. The minimum atomic E-state index is -0.0123. The highest BCUT2D eigenvalue weighted by Gasteiger charge is 2.08. The number of carbonyl (C=O) groups excluding carboxylic acids is 1. The summed E-state index contributed by atoms with van der Waals surface area (Å²) in [6, 6.07) is 8.40.